The maximum atomic E-state index is 12.5. The third kappa shape index (κ3) is 3.36. The minimum atomic E-state index is -0.958. The second kappa shape index (κ2) is 7.44. The molecule has 0 saturated heterocycles. The van der Waals surface area contributed by atoms with Crippen molar-refractivity contribution in [2.24, 2.45) is 0 Å². The zero-order valence-electron chi connectivity index (χ0n) is 15.2. The number of aromatic nitrogens is 1. The van der Waals surface area contributed by atoms with Gasteiger partial charge in [0.1, 0.15) is 6.61 Å². The van der Waals surface area contributed by atoms with Gasteiger partial charge in [-0.3, -0.25) is 9.69 Å². The van der Waals surface area contributed by atoms with Crippen molar-refractivity contribution in [3.05, 3.63) is 70.7 Å². The second-order valence-corrected chi connectivity index (χ2v) is 7.39. The Hall–Kier alpha value is -3.19. The average molecular weight is 394 g/mol. The lowest BCUT2D eigenvalue weighted by atomic mass is 9.98. The summed E-state index contributed by atoms with van der Waals surface area (Å²) in [5, 5.41) is 10.9. The third-order valence-electron chi connectivity index (χ3n) is 4.77. The van der Waals surface area contributed by atoms with Gasteiger partial charge in [-0.1, -0.05) is 48.5 Å². The van der Waals surface area contributed by atoms with Crippen LogP contribution < -0.4 is 4.90 Å². The first-order valence-electron chi connectivity index (χ1n) is 8.79. The van der Waals surface area contributed by atoms with E-state index in [0.29, 0.717) is 10.8 Å². The Morgan fingerprint density at radius 3 is 2.32 bits per heavy atom. The summed E-state index contributed by atoms with van der Waals surface area (Å²) in [6, 6.07) is 16.3. The molecule has 0 atom stereocenters. The molecule has 0 bridgehead atoms. The highest BCUT2D eigenvalue weighted by Gasteiger charge is 2.29. The molecule has 1 aromatic heterocycles. The molecule has 1 N–H and O–H groups in total. The normalized spacial score (nSPS) is 12.3. The average Bonchev–Trinajstić information content (AvgIpc) is 3.28. The molecule has 0 spiro atoms. The van der Waals surface area contributed by atoms with E-state index in [1.165, 1.54) is 27.4 Å². The summed E-state index contributed by atoms with van der Waals surface area (Å²) >= 11 is 1.21. The van der Waals surface area contributed by atoms with Crippen molar-refractivity contribution in [3.63, 3.8) is 0 Å². The SMILES string of the molecule is CN(C(=O)OCC1c2ccccc2-c2ccccc21)c1nc(CC(=O)O)cs1. The van der Waals surface area contributed by atoms with Crippen LogP contribution in [0.15, 0.2) is 53.9 Å². The van der Waals surface area contributed by atoms with Gasteiger partial charge in [-0.15, -0.1) is 11.3 Å². The van der Waals surface area contributed by atoms with E-state index in [9.17, 15) is 9.59 Å². The monoisotopic (exact) mass is 394 g/mol. The van der Waals surface area contributed by atoms with E-state index in [2.05, 4.69) is 29.2 Å². The van der Waals surface area contributed by atoms with Crippen molar-refractivity contribution in [1.82, 2.24) is 4.98 Å². The van der Waals surface area contributed by atoms with Crippen LogP contribution in [0.5, 0.6) is 0 Å². The lowest BCUT2D eigenvalue weighted by Crippen LogP contribution is -2.28. The molecule has 1 heterocycles. The van der Waals surface area contributed by atoms with E-state index in [0.717, 1.165) is 11.1 Å². The summed E-state index contributed by atoms with van der Waals surface area (Å²) in [4.78, 5) is 28.8. The second-order valence-electron chi connectivity index (χ2n) is 6.55. The number of hydrogen-bond donors (Lipinski definition) is 1. The van der Waals surface area contributed by atoms with Gasteiger partial charge in [0.2, 0.25) is 0 Å². The number of carboxylic acid groups (broad SMARTS) is 1. The van der Waals surface area contributed by atoms with E-state index in [-0.39, 0.29) is 18.9 Å². The number of rotatable bonds is 5. The number of carbonyl (C=O) groups excluding carboxylic acids is 1. The molecule has 1 amide bonds. The number of benzene rings is 2. The molecule has 7 heteroatoms. The molecule has 1 aliphatic carbocycles. The maximum absolute atomic E-state index is 12.5. The zero-order valence-corrected chi connectivity index (χ0v) is 16.0. The Kier molecular flexibility index (Phi) is 4.83. The van der Waals surface area contributed by atoms with Gasteiger partial charge >= 0.3 is 12.1 Å². The van der Waals surface area contributed by atoms with Crippen molar-refractivity contribution in [1.29, 1.82) is 0 Å². The lowest BCUT2D eigenvalue weighted by molar-refractivity contribution is -0.136. The highest BCUT2D eigenvalue weighted by molar-refractivity contribution is 7.14. The van der Waals surface area contributed by atoms with Gasteiger partial charge in [0, 0.05) is 18.3 Å². The summed E-state index contributed by atoms with van der Waals surface area (Å²) < 4.78 is 5.58. The number of fused-ring (bicyclic) bond motifs is 3. The minimum absolute atomic E-state index is 0.0105. The van der Waals surface area contributed by atoms with E-state index in [4.69, 9.17) is 9.84 Å². The maximum Gasteiger partial charge on any atom is 0.415 e. The van der Waals surface area contributed by atoms with Crippen LogP contribution in [0.1, 0.15) is 22.7 Å². The zero-order chi connectivity index (χ0) is 19.7. The molecule has 0 unspecified atom stereocenters. The number of amides is 1. The van der Waals surface area contributed by atoms with Gasteiger partial charge in [0.25, 0.3) is 0 Å². The molecule has 6 nitrogen and oxygen atoms in total. The van der Waals surface area contributed by atoms with Crippen molar-refractivity contribution >= 4 is 28.5 Å². The fourth-order valence-electron chi connectivity index (χ4n) is 3.46. The first kappa shape index (κ1) is 18.2. The van der Waals surface area contributed by atoms with E-state index < -0.39 is 12.1 Å². The van der Waals surface area contributed by atoms with Gasteiger partial charge < -0.3 is 9.84 Å². The number of carboxylic acids is 1. The van der Waals surface area contributed by atoms with Gasteiger partial charge in [-0.05, 0) is 22.3 Å². The van der Waals surface area contributed by atoms with Gasteiger partial charge in [-0.25, -0.2) is 9.78 Å². The number of nitrogens with zero attached hydrogens (tertiary/aromatic N) is 2. The van der Waals surface area contributed by atoms with E-state index in [1.807, 2.05) is 24.3 Å². The highest BCUT2D eigenvalue weighted by Crippen LogP contribution is 2.44. The number of thiazole rings is 1. The summed E-state index contributed by atoms with van der Waals surface area (Å²) in [6.07, 6.45) is -0.687. The van der Waals surface area contributed by atoms with Crippen LogP contribution in [0, 0.1) is 0 Å². The lowest BCUT2D eigenvalue weighted by Gasteiger charge is -2.18. The van der Waals surface area contributed by atoms with Gasteiger partial charge in [0.05, 0.1) is 12.1 Å². The summed E-state index contributed by atoms with van der Waals surface area (Å²) in [7, 11) is 1.57. The Morgan fingerprint density at radius 2 is 1.71 bits per heavy atom. The molecular weight excluding hydrogens is 376 g/mol. The highest BCUT2D eigenvalue weighted by atomic mass is 32.1. The number of carbonyl (C=O) groups is 2. The number of hydrogen-bond acceptors (Lipinski definition) is 5. The first-order chi connectivity index (χ1) is 13.5. The minimum Gasteiger partial charge on any atom is -0.481 e. The molecule has 4 rings (SSSR count). The molecule has 3 aromatic rings. The predicted molar refractivity (Wildman–Crippen MR) is 107 cm³/mol. The van der Waals surface area contributed by atoms with Gasteiger partial charge in [-0.2, -0.15) is 0 Å². The van der Waals surface area contributed by atoms with Crippen LogP contribution >= 0.6 is 11.3 Å². The summed E-state index contributed by atoms with van der Waals surface area (Å²) in [6.45, 7) is 0.227. The standard InChI is InChI=1S/C21H18N2O4S/c1-23(20-22-13(12-28-20)10-19(24)25)21(26)27-11-18-16-8-4-2-6-14(16)15-7-3-5-9-17(15)18/h2-9,12,18H,10-11H2,1H3,(H,24,25). The topological polar surface area (TPSA) is 79.7 Å². The number of aliphatic carboxylic acids is 1. The Labute approximate surface area is 166 Å². The largest absolute Gasteiger partial charge is 0.481 e. The molecule has 0 saturated carbocycles. The van der Waals surface area contributed by atoms with Crippen molar-refractivity contribution < 1.29 is 19.4 Å². The molecule has 28 heavy (non-hydrogen) atoms. The van der Waals surface area contributed by atoms with Crippen LogP contribution in [-0.2, 0) is 16.0 Å². The smallest absolute Gasteiger partial charge is 0.415 e. The first-order valence-corrected chi connectivity index (χ1v) is 9.67. The predicted octanol–water partition coefficient (Wildman–Crippen LogP) is 4.16. The fraction of sp³-hybridized carbons (Fsp3) is 0.190. The molecule has 142 valence electrons. The molecular formula is C21H18N2O4S. The van der Waals surface area contributed by atoms with E-state index in [1.54, 1.807) is 12.4 Å². The fourth-order valence-corrected chi connectivity index (χ4v) is 4.24. The van der Waals surface area contributed by atoms with E-state index >= 15 is 0 Å². The van der Waals surface area contributed by atoms with Crippen LogP contribution in [0.4, 0.5) is 9.93 Å². The third-order valence-corrected chi connectivity index (χ3v) is 5.73. The van der Waals surface area contributed by atoms with Crippen LogP contribution in [-0.4, -0.2) is 35.8 Å². The van der Waals surface area contributed by atoms with Crippen LogP contribution in [0.2, 0.25) is 0 Å². The van der Waals surface area contributed by atoms with Crippen molar-refractivity contribution in [2.45, 2.75) is 12.3 Å². The quantitative estimate of drug-likeness (QED) is 0.703. The van der Waals surface area contributed by atoms with Crippen LogP contribution in [0.3, 0.4) is 0 Å². The molecule has 1 aliphatic rings. The molecule has 2 aromatic carbocycles. The van der Waals surface area contributed by atoms with Crippen molar-refractivity contribution in [3.8, 4) is 11.1 Å². The summed E-state index contributed by atoms with van der Waals surface area (Å²) in [5.41, 5.74) is 5.07. The molecule has 0 aliphatic heterocycles. The van der Waals surface area contributed by atoms with Crippen molar-refractivity contribution in [2.75, 3.05) is 18.6 Å². The Balaban J connectivity index is 1.48. The van der Waals surface area contributed by atoms with Crippen LogP contribution in [0.25, 0.3) is 11.1 Å². The summed E-state index contributed by atoms with van der Waals surface area (Å²) in [5.74, 6) is -0.968. The Bertz CT molecular complexity index is 1000. The number of ether oxygens (including phenoxy) is 1. The number of anilines is 1. The molecule has 0 radical (unpaired) electrons. The molecule has 0 fully saturated rings. The van der Waals surface area contributed by atoms with Gasteiger partial charge in [0.15, 0.2) is 5.13 Å². The Morgan fingerprint density at radius 1 is 1.11 bits per heavy atom.